The number of nitrogens with one attached hydrogen (secondary N) is 4. The van der Waals surface area contributed by atoms with Crippen LogP contribution in [-0.2, 0) is 31.6 Å². The molecule has 0 saturated carbocycles. The quantitative estimate of drug-likeness (QED) is 0.0224. The van der Waals surface area contributed by atoms with E-state index in [1.54, 1.807) is 4.90 Å². The summed E-state index contributed by atoms with van der Waals surface area (Å²) in [5.41, 5.74) is 5.70. The topological polar surface area (TPSA) is 324 Å². The molecule has 0 bridgehead atoms. The number of nitrogens with zero attached hydrogens (tertiary/aromatic N) is 3. The molecule has 1 aromatic rings. The smallest absolute Gasteiger partial charge is 0.394 e. The van der Waals surface area contributed by atoms with Crippen molar-refractivity contribution in [3.8, 4) is 0 Å². The van der Waals surface area contributed by atoms with Crippen molar-refractivity contribution in [1.82, 2.24) is 15.3 Å². The van der Waals surface area contributed by atoms with Crippen LogP contribution in [0.5, 0.6) is 0 Å². The lowest BCUT2D eigenvalue weighted by Crippen LogP contribution is -2.44. The molecule has 0 saturated heterocycles. The molecular weight excluding hydrogens is 637 g/mol. The third-order valence-corrected chi connectivity index (χ3v) is 9.14. The first kappa shape index (κ1) is 35.6. The number of nitrogens with two attached hydrogens (primary N) is 1. The second-order valence-corrected chi connectivity index (χ2v) is 13.1. The summed E-state index contributed by atoms with van der Waals surface area (Å²) in [5.74, 6) is 0.475. The summed E-state index contributed by atoms with van der Waals surface area (Å²) in [6.45, 7) is 0.804. The van der Waals surface area contributed by atoms with Crippen LogP contribution in [0.2, 0.25) is 0 Å². The fraction of sp³-hybridized carbons (Fsp3) is 0.688. The van der Waals surface area contributed by atoms with Crippen LogP contribution in [0.15, 0.2) is 5.03 Å². The molecule has 0 fully saturated rings. The number of thiol groups is 1. The maximum atomic E-state index is 12.1. The predicted octanol–water partition coefficient (Wildman–Crippen LogP) is -0.942. The summed E-state index contributed by atoms with van der Waals surface area (Å²) in [7, 11) is -16.8. The van der Waals surface area contributed by atoms with E-state index in [1.165, 1.54) is 6.92 Å². The number of guanidine groups is 1. The van der Waals surface area contributed by atoms with E-state index in [-0.39, 0.29) is 18.6 Å². The lowest BCUT2D eigenvalue weighted by atomic mass is 10.2. The van der Waals surface area contributed by atoms with E-state index in [0.717, 1.165) is 6.42 Å². The summed E-state index contributed by atoms with van der Waals surface area (Å²) in [5, 5.41) is 35.8. The summed E-state index contributed by atoms with van der Waals surface area (Å²) in [6.07, 6.45) is -2.71. The predicted molar refractivity (Wildman–Crippen MR) is 145 cm³/mol. The molecule has 236 valence electrons. The van der Waals surface area contributed by atoms with Gasteiger partial charge in [0.1, 0.15) is 29.1 Å². The van der Waals surface area contributed by atoms with Crippen LogP contribution >= 0.6 is 36.1 Å². The first-order chi connectivity index (χ1) is 18.9. The van der Waals surface area contributed by atoms with Gasteiger partial charge in [0.05, 0.1) is 19.9 Å². The van der Waals surface area contributed by atoms with Crippen LogP contribution in [0.3, 0.4) is 0 Å². The van der Waals surface area contributed by atoms with Crippen LogP contribution in [0.25, 0.3) is 0 Å². The number of aromatic nitrogens is 2. The number of ether oxygens (including phenoxy) is 1. The van der Waals surface area contributed by atoms with Crippen LogP contribution in [0.4, 0.5) is 17.5 Å². The lowest BCUT2D eigenvalue weighted by Gasteiger charge is -2.31. The Hall–Kier alpha value is -1.61. The first-order valence-corrected chi connectivity index (χ1v) is 16.6. The lowest BCUT2D eigenvalue weighted by molar-refractivity contribution is -0.103. The zero-order valence-corrected chi connectivity index (χ0v) is 25.0. The Morgan fingerprint density at radius 3 is 2.44 bits per heavy atom. The molecule has 41 heavy (non-hydrogen) atoms. The maximum absolute atomic E-state index is 12.1. The highest BCUT2D eigenvalue weighted by atomic mass is 32.1. The molecule has 5 atom stereocenters. The number of phosphoric acid groups is 3. The Morgan fingerprint density at radius 2 is 1.83 bits per heavy atom. The van der Waals surface area contributed by atoms with Crippen molar-refractivity contribution in [3.63, 3.8) is 0 Å². The molecule has 21 nitrogen and oxygen atoms in total. The second kappa shape index (κ2) is 15.2. The van der Waals surface area contributed by atoms with E-state index in [0.29, 0.717) is 36.0 Å². The van der Waals surface area contributed by atoms with E-state index < -0.39 is 55.1 Å². The normalized spacial score (nSPS) is 18.4. The summed E-state index contributed by atoms with van der Waals surface area (Å²) in [4.78, 5) is 46.5. The van der Waals surface area contributed by atoms with Gasteiger partial charge in [-0.25, -0.2) is 18.7 Å². The number of rotatable bonds is 18. The monoisotopic (exact) mass is 670 g/mol. The minimum absolute atomic E-state index is 0.119. The zero-order valence-electron chi connectivity index (χ0n) is 21.4. The fourth-order valence-corrected chi connectivity index (χ4v) is 6.56. The number of aliphatic hydroxyl groups is 2. The number of aliphatic hydroxyl groups excluding tert-OH is 2. The molecule has 0 amide bonds. The van der Waals surface area contributed by atoms with E-state index in [9.17, 15) is 33.7 Å². The summed E-state index contributed by atoms with van der Waals surface area (Å²) in [6, 6.07) is 0. The Morgan fingerprint density at radius 1 is 1.17 bits per heavy atom. The number of hydrogen-bond acceptors (Lipinski definition) is 16. The summed E-state index contributed by atoms with van der Waals surface area (Å²) < 4.78 is 51.9. The second-order valence-electron chi connectivity index (χ2n) is 8.26. The standard InChI is InChI=1S/C16H33N8O13P3S/c1-9(35-11(10(26)6-25)7-34-39(30,31)37-40(32,33)36-38(27,28)29)24-8-21-12-13(24)22-16(23-14(12)41)20-5-3-2-4-19-15(17)18/h9-11,21,25-26H,2-8H2,1H3,(H,30,31)(H,32,33)(H4,17,18,19)(H2,27,28,29)(H2,20,22,23,41)/t9?,10-,11-/m1/s1. The van der Waals surface area contributed by atoms with Crippen LogP contribution in [0, 0.1) is 5.41 Å². The van der Waals surface area contributed by atoms with Gasteiger partial charge in [-0.15, -0.1) is 12.6 Å². The van der Waals surface area contributed by atoms with Crippen molar-refractivity contribution in [2.24, 2.45) is 5.73 Å². The van der Waals surface area contributed by atoms with Crippen molar-refractivity contribution < 1.29 is 61.4 Å². The average Bonchev–Trinajstić information content (AvgIpc) is 3.25. The third kappa shape index (κ3) is 12.3. The highest BCUT2D eigenvalue weighted by Gasteiger charge is 2.41. The fourth-order valence-electron chi connectivity index (χ4n) is 3.25. The Kier molecular flexibility index (Phi) is 13.2. The molecule has 1 aliphatic heterocycles. The molecule has 0 radical (unpaired) electrons. The number of fused-ring (bicyclic) bond motifs is 1. The molecule has 1 aromatic heterocycles. The van der Waals surface area contributed by atoms with Crippen LogP contribution in [0.1, 0.15) is 19.8 Å². The van der Waals surface area contributed by atoms with Gasteiger partial charge >= 0.3 is 23.5 Å². The minimum Gasteiger partial charge on any atom is -0.394 e. The molecule has 0 spiro atoms. The van der Waals surface area contributed by atoms with Gasteiger partial charge < -0.3 is 61.1 Å². The SMILES string of the molecule is CC(O[C@H](COP(=O)(O)OP(=O)(O)OP(=O)(O)O)[C@H](O)CO)N1CNc2c(S)nc(NCCCCNC(=N)N)nc21. The van der Waals surface area contributed by atoms with Gasteiger partial charge in [0.2, 0.25) is 5.95 Å². The third-order valence-electron chi connectivity index (χ3n) is 5.02. The van der Waals surface area contributed by atoms with Gasteiger partial charge in [-0.3, -0.25) is 9.93 Å². The van der Waals surface area contributed by atoms with Gasteiger partial charge in [0.15, 0.2) is 11.8 Å². The van der Waals surface area contributed by atoms with Gasteiger partial charge in [-0.2, -0.15) is 13.6 Å². The van der Waals surface area contributed by atoms with E-state index >= 15 is 0 Å². The molecule has 2 rings (SSSR count). The van der Waals surface area contributed by atoms with Crippen molar-refractivity contribution in [2.75, 3.05) is 48.5 Å². The van der Waals surface area contributed by atoms with Gasteiger partial charge in [0.25, 0.3) is 0 Å². The highest BCUT2D eigenvalue weighted by molar-refractivity contribution is 7.80. The number of anilines is 3. The Balaban J connectivity index is 2.05. The maximum Gasteiger partial charge on any atom is 0.490 e. The van der Waals surface area contributed by atoms with Gasteiger partial charge in [0, 0.05) is 13.1 Å². The molecule has 12 N–H and O–H groups in total. The summed E-state index contributed by atoms with van der Waals surface area (Å²) >= 11 is 4.37. The Bertz CT molecular complexity index is 1200. The molecule has 3 unspecified atom stereocenters. The molecular formula is C16H33N8O13P3S. The molecule has 0 aliphatic carbocycles. The molecule has 2 heterocycles. The minimum atomic E-state index is -5.75. The van der Waals surface area contributed by atoms with Crippen molar-refractivity contribution >= 4 is 59.5 Å². The van der Waals surface area contributed by atoms with Crippen molar-refractivity contribution in [3.05, 3.63) is 0 Å². The number of hydrogen-bond donors (Lipinski definition) is 12. The van der Waals surface area contributed by atoms with Gasteiger partial charge in [-0.05, 0) is 19.8 Å². The van der Waals surface area contributed by atoms with Crippen molar-refractivity contribution in [2.45, 2.75) is 43.2 Å². The van der Waals surface area contributed by atoms with Crippen LogP contribution < -0.4 is 26.6 Å². The molecule has 0 aromatic carbocycles. The van der Waals surface area contributed by atoms with E-state index in [1.807, 2.05) is 0 Å². The molecule has 1 aliphatic rings. The Labute approximate surface area is 239 Å². The van der Waals surface area contributed by atoms with E-state index in [2.05, 4.69) is 51.7 Å². The average molecular weight is 670 g/mol. The largest absolute Gasteiger partial charge is 0.490 e. The zero-order chi connectivity index (χ0) is 31.0. The highest BCUT2D eigenvalue weighted by Crippen LogP contribution is 2.66. The van der Waals surface area contributed by atoms with Gasteiger partial charge in [-0.1, -0.05) is 0 Å². The number of phosphoric ester groups is 1. The van der Waals surface area contributed by atoms with Crippen molar-refractivity contribution in [1.29, 1.82) is 5.41 Å². The van der Waals surface area contributed by atoms with Crippen LogP contribution in [-0.4, -0.2) is 97.1 Å². The number of unbranched alkanes of at least 4 members (excludes halogenated alkanes) is 1. The first-order valence-electron chi connectivity index (χ1n) is 11.6. The van der Waals surface area contributed by atoms with E-state index in [4.69, 9.17) is 25.7 Å². The molecule has 25 heteroatoms.